The van der Waals surface area contributed by atoms with Gasteiger partial charge in [-0.15, -0.1) is 0 Å². The number of hydrogen-bond donors (Lipinski definition) is 1. The third-order valence-electron chi connectivity index (χ3n) is 3.53. The standard InChI is InChI=1S/C14H23NO2S/c1-4-6-7-8-9-14(3,5-2)10-11-12(16)15-13(17)18-11/h10H,4-9H2,1-3H3,(H,15,16,17)/b11-10+. The molecule has 1 aliphatic heterocycles. The van der Waals surface area contributed by atoms with E-state index in [0.717, 1.165) is 24.6 Å². The number of imide groups is 1. The van der Waals surface area contributed by atoms with Gasteiger partial charge in [-0.2, -0.15) is 0 Å². The van der Waals surface area contributed by atoms with Crippen LogP contribution in [0.15, 0.2) is 11.0 Å². The molecule has 1 aliphatic rings. The lowest BCUT2D eigenvalue weighted by molar-refractivity contribution is -0.115. The molecule has 0 spiro atoms. The lowest BCUT2D eigenvalue weighted by atomic mass is 9.81. The molecule has 0 radical (unpaired) electrons. The van der Waals surface area contributed by atoms with Crippen molar-refractivity contribution >= 4 is 22.9 Å². The minimum Gasteiger partial charge on any atom is -0.282 e. The highest BCUT2D eigenvalue weighted by atomic mass is 32.2. The maximum atomic E-state index is 11.5. The van der Waals surface area contributed by atoms with E-state index in [1.807, 2.05) is 6.08 Å². The second-order valence-corrected chi connectivity index (χ2v) is 6.19. The lowest BCUT2D eigenvalue weighted by Crippen LogP contribution is -2.19. The van der Waals surface area contributed by atoms with Crippen LogP contribution in [0.2, 0.25) is 0 Å². The van der Waals surface area contributed by atoms with Gasteiger partial charge in [0, 0.05) is 0 Å². The molecule has 0 saturated carbocycles. The van der Waals surface area contributed by atoms with E-state index >= 15 is 0 Å². The van der Waals surface area contributed by atoms with Gasteiger partial charge in [0.1, 0.15) is 0 Å². The molecule has 2 amide bonds. The van der Waals surface area contributed by atoms with Crippen LogP contribution in [0.25, 0.3) is 0 Å². The number of thioether (sulfide) groups is 1. The summed E-state index contributed by atoms with van der Waals surface area (Å²) in [7, 11) is 0. The zero-order chi connectivity index (χ0) is 13.6. The van der Waals surface area contributed by atoms with E-state index < -0.39 is 0 Å². The first kappa shape index (κ1) is 15.3. The smallest absolute Gasteiger partial charge is 0.282 e. The Morgan fingerprint density at radius 2 is 1.94 bits per heavy atom. The van der Waals surface area contributed by atoms with Crippen LogP contribution in [-0.4, -0.2) is 11.1 Å². The number of allylic oxidation sites excluding steroid dienone is 1. The van der Waals surface area contributed by atoms with E-state index in [4.69, 9.17) is 0 Å². The zero-order valence-corrected chi connectivity index (χ0v) is 12.4. The molecular formula is C14H23NO2S. The number of rotatable bonds is 7. The predicted octanol–water partition coefficient (Wildman–Crippen LogP) is 4.24. The summed E-state index contributed by atoms with van der Waals surface area (Å²) in [6, 6.07) is 0. The van der Waals surface area contributed by atoms with Gasteiger partial charge < -0.3 is 0 Å². The van der Waals surface area contributed by atoms with Gasteiger partial charge in [-0.25, -0.2) is 0 Å². The molecule has 4 heteroatoms. The van der Waals surface area contributed by atoms with E-state index in [1.165, 1.54) is 25.7 Å². The van der Waals surface area contributed by atoms with Crippen molar-refractivity contribution in [3.63, 3.8) is 0 Å². The van der Waals surface area contributed by atoms with Gasteiger partial charge in [0.15, 0.2) is 0 Å². The molecular weight excluding hydrogens is 246 g/mol. The molecule has 3 nitrogen and oxygen atoms in total. The molecule has 1 heterocycles. The van der Waals surface area contributed by atoms with Crippen LogP contribution in [0.5, 0.6) is 0 Å². The van der Waals surface area contributed by atoms with Crippen LogP contribution in [0.1, 0.15) is 59.3 Å². The molecule has 0 bridgehead atoms. The Labute approximate surface area is 114 Å². The average molecular weight is 269 g/mol. The van der Waals surface area contributed by atoms with Crippen molar-refractivity contribution < 1.29 is 9.59 Å². The highest BCUT2D eigenvalue weighted by Gasteiger charge is 2.29. The van der Waals surface area contributed by atoms with E-state index in [2.05, 4.69) is 26.1 Å². The average Bonchev–Trinajstić information content (AvgIpc) is 2.63. The molecule has 102 valence electrons. The third-order valence-corrected chi connectivity index (χ3v) is 4.34. The Bertz CT molecular complexity index is 352. The van der Waals surface area contributed by atoms with E-state index in [9.17, 15) is 9.59 Å². The maximum Gasteiger partial charge on any atom is 0.290 e. The molecule has 1 N–H and O–H groups in total. The molecule has 1 unspecified atom stereocenters. The van der Waals surface area contributed by atoms with Gasteiger partial charge in [-0.05, 0) is 30.0 Å². The van der Waals surface area contributed by atoms with Crippen LogP contribution in [0, 0.1) is 5.41 Å². The summed E-state index contributed by atoms with van der Waals surface area (Å²) in [5, 5.41) is 2.05. The highest BCUT2D eigenvalue weighted by Crippen LogP contribution is 2.35. The normalized spacial score (nSPS) is 21.2. The van der Waals surface area contributed by atoms with Gasteiger partial charge in [0.05, 0.1) is 4.91 Å². The summed E-state index contributed by atoms with van der Waals surface area (Å²) < 4.78 is 0. The number of carbonyl (C=O) groups excluding carboxylic acids is 2. The summed E-state index contributed by atoms with van der Waals surface area (Å²) in [4.78, 5) is 23.2. The minimum atomic E-state index is -0.254. The third kappa shape index (κ3) is 4.48. The van der Waals surface area contributed by atoms with Crippen molar-refractivity contribution in [2.45, 2.75) is 59.3 Å². The molecule has 1 saturated heterocycles. The minimum absolute atomic E-state index is 0.0258. The van der Waals surface area contributed by atoms with Crippen LogP contribution in [0.4, 0.5) is 4.79 Å². The quantitative estimate of drug-likeness (QED) is 0.555. The summed E-state index contributed by atoms with van der Waals surface area (Å²) in [6.45, 7) is 6.50. The van der Waals surface area contributed by atoms with E-state index in [-0.39, 0.29) is 16.6 Å². The summed E-state index contributed by atoms with van der Waals surface area (Å²) >= 11 is 1.02. The van der Waals surface area contributed by atoms with Crippen molar-refractivity contribution in [2.24, 2.45) is 5.41 Å². The van der Waals surface area contributed by atoms with Crippen LogP contribution < -0.4 is 5.32 Å². The molecule has 0 aromatic carbocycles. The Hall–Kier alpha value is -0.770. The molecule has 1 rings (SSSR count). The Kier molecular flexibility index (Phi) is 5.93. The molecule has 0 aliphatic carbocycles. The number of unbranched alkanes of at least 4 members (excludes halogenated alkanes) is 3. The van der Waals surface area contributed by atoms with Gasteiger partial charge >= 0.3 is 0 Å². The molecule has 1 atom stereocenters. The maximum absolute atomic E-state index is 11.5. The molecule has 18 heavy (non-hydrogen) atoms. The fourth-order valence-corrected chi connectivity index (χ4v) is 2.87. The second kappa shape index (κ2) is 6.98. The topological polar surface area (TPSA) is 46.2 Å². The van der Waals surface area contributed by atoms with Crippen molar-refractivity contribution in [2.75, 3.05) is 0 Å². The number of carbonyl (C=O) groups is 2. The SMILES string of the molecule is CCCCCCC(C)(/C=C1/SC(=O)NC1=O)CC. The zero-order valence-electron chi connectivity index (χ0n) is 11.5. The fourth-order valence-electron chi connectivity index (χ4n) is 2.04. The molecule has 1 fully saturated rings. The molecule has 0 aromatic heterocycles. The lowest BCUT2D eigenvalue weighted by Gasteiger charge is -2.24. The Morgan fingerprint density at radius 1 is 1.22 bits per heavy atom. The van der Waals surface area contributed by atoms with Gasteiger partial charge in [0.25, 0.3) is 11.1 Å². The van der Waals surface area contributed by atoms with E-state index in [1.54, 1.807) is 0 Å². The second-order valence-electron chi connectivity index (χ2n) is 5.17. The summed E-state index contributed by atoms with van der Waals surface area (Å²) in [5.74, 6) is -0.238. The Morgan fingerprint density at radius 3 is 2.44 bits per heavy atom. The molecule has 0 aromatic rings. The summed E-state index contributed by atoms with van der Waals surface area (Å²) in [5.41, 5.74) is 0.0258. The van der Waals surface area contributed by atoms with Gasteiger partial charge in [0.2, 0.25) is 0 Å². The first-order valence-electron chi connectivity index (χ1n) is 6.77. The fraction of sp³-hybridized carbons (Fsp3) is 0.714. The first-order chi connectivity index (χ1) is 8.50. The number of amides is 2. The van der Waals surface area contributed by atoms with Gasteiger partial charge in [-0.1, -0.05) is 52.5 Å². The number of nitrogens with one attached hydrogen (secondary N) is 1. The van der Waals surface area contributed by atoms with Crippen molar-refractivity contribution in [3.05, 3.63) is 11.0 Å². The number of hydrogen-bond acceptors (Lipinski definition) is 3. The van der Waals surface area contributed by atoms with E-state index in [0.29, 0.717) is 4.91 Å². The largest absolute Gasteiger partial charge is 0.290 e. The Balaban J connectivity index is 2.61. The van der Waals surface area contributed by atoms with Crippen LogP contribution in [-0.2, 0) is 4.79 Å². The summed E-state index contributed by atoms with van der Waals surface area (Å²) in [6.07, 6.45) is 8.99. The van der Waals surface area contributed by atoms with Crippen molar-refractivity contribution in [1.29, 1.82) is 0 Å². The first-order valence-corrected chi connectivity index (χ1v) is 7.58. The van der Waals surface area contributed by atoms with Crippen molar-refractivity contribution in [3.8, 4) is 0 Å². The van der Waals surface area contributed by atoms with Crippen molar-refractivity contribution in [1.82, 2.24) is 5.32 Å². The predicted molar refractivity (Wildman–Crippen MR) is 76.4 cm³/mol. The highest BCUT2D eigenvalue weighted by molar-refractivity contribution is 8.18. The van der Waals surface area contributed by atoms with Crippen LogP contribution in [0.3, 0.4) is 0 Å². The monoisotopic (exact) mass is 269 g/mol. The van der Waals surface area contributed by atoms with Gasteiger partial charge in [-0.3, -0.25) is 14.9 Å². The van der Waals surface area contributed by atoms with Crippen LogP contribution >= 0.6 is 11.8 Å².